The third kappa shape index (κ3) is 2.93. The molecule has 0 unspecified atom stereocenters. The zero-order valence-corrected chi connectivity index (χ0v) is 10.6. The SMILES string of the molecule is CCOC(=O)c1cc2cc(F)c(F)cc2nc1C(F)(F)F. The summed E-state index contributed by atoms with van der Waals surface area (Å²) in [6.45, 7) is 1.29. The van der Waals surface area contributed by atoms with E-state index in [0.717, 1.165) is 6.07 Å². The van der Waals surface area contributed by atoms with E-state index in [2.05, 4.69) is 9.72 Å². The van der Waals surface area contributed by atoms with Crippen molar-refractivity contribution in [2.45, 2.75) is 13.1 Å². The van der Waals surface area contributed by atoms with Crippen LogP contribution in [0.4, 0.5) is 22.0 Å². The predicted octanol–water partition coefficient (Wildman–Crippen LogP) is 3.71. The molecule has 2 rings (SSSR count). The number of rotatable bonds is 2. The van der Waals surface area contributed by atoms with Crippen LogP contribution in [0.1, 0.15) is 23.0 Å². The fourth-order valence-corrected chi connectivity index (χ4v) is 1.75. The molecule has 0 spiro atoms. The molecule has 0 aliphatic heterocycles. The van der Waals surface area contributed by atoms with Crippen molar-refractivity contribution in [3.63, 3.8) is 0 Å². The first-order valence-corrected chi connectivity index (χ1v) is 5.78. The van der Waals surface area contributed by atoms with Crippen molar-refractivity contribution in [2.24, 2.45) is 0 Å². The van der Waals surface area contributed by atoms with Crippen LogP contribution in [-0.2, 0) is 10.9 Å². The van der Waals surface area contributed by atoms with Gasteiger partial charge in [-0.05, 0) is 19.1 Å². The number of hydrogen-bond acceptors (Lipinski definition) is 3. The minimum absolute atomic E-state index is 0.133. The molecular formula is C13H8F5NO2. The highest BCUT2D eigenvalue weighted by molar-refractivity contribution is 5.95. The highest BCUT2D eigenvalue weighted by Gasteiger charge is 2.38. The van der Waals surface area contributed by atoms with Crippen LogP contribution in [0.25, 0.3) is 10.9 Å². The lowest BCUT2D eigenvalue weighted by Gasteiger charge is -2.12. The van der Waals surface area contributed by atoms with E-state index in [-0.39, 0.29) is 12.0 Å². The van der Waals surface area contributed by atoms with Crippen molar-refractivity contribution in [1.82, 2.24) is 4.98 Å². The Hall–Kier alpha value is -2.25. The van der Waals surface area contributed by atoms with Crippen molar-refractivity contribution in [2.75, 3.05) is 6.61 Å². The van der Waals surface area contributed by atoms with Crippen LogP contribution >= 0.6 is 0 Å². The van der Waals surface area contributed by atoms with E-state index in [0.29, 0.717) is 12.1 Å². The minimum Gasteiger partial charge on any atom is -0.462 e. The molecule has 0 bridgehead atoms. The van der Waals surface area contributed by atoms with Crippen molar-refractivity contribution < 1.29 is 31.5 Å². The number of pyridine rings is 1. The van der Waals surface area contributed by atoms with Gasteiger partial charge in [0.15, 0.2) is 17.3 Å². The number of ether oxygens (including phenoxy) is 1. The van der Waals surface area contributed by atoms with Gasteiger partial charge in [-0.2, -0.15) is 13.2 Å². The van der Waals surface area contributed by atoms with Gasteiger partial charge in [0, 0.05) is 11.5 Å². The van der Waals surface area contributed by atoms with Gasteiger partial charge in [-0.15, -0.1) is 0 Å². The van der Waals surface area contributed by atoms with Gasteiger partial charge in [0.2, 0.25) is 0 Å². The number of alkyl halides is 3. The Morgan fingerprint density at radius 1 is 1.19 bits per heavy atom. The molecule has 0 saturated heterocycles. The molecule has 1 aromatic heterocycles. The number of aromatic nitrogens is 1. The van der Waals surface area contributed by atoms with Crippen LogP contribution in [0.5, 0.6) is 0 Å². The summed E-state index contributed by atoms with van der Waals surface area (Å²) in [6, 6.07) is 1.99. The van der Waals surface area contributed by atoms with Crippen molar-refractivity contribution in [1.29, 1.82) is 0 Å². The molecule has 0 N–H and O–H groups in total. The standard InChI is InChI=1S/C13H8F5NO2/c1-2-21-12(20)7-3-6-4-8(14)9(15)5-10(6)19-11(7)13(16,17)18/h3-5H,2H2,1H3. The first kappa shape index (κ1) is 15.1. The maximum Gasteiger partial charge on any atom is 0.434 e. The molecule has 21 heavy (non-hydrogen) atoms. The minimum atomic E-state index is -4.93. The Labute approximate surface area is 115 Å². The lowest BCUT2D eigenvalue weighted by atomic mass is 10.1. The summed E-state index contributed by atoms with van der Waals surface area (Å²) in [5.74, 6) is -3.81. The maximum atomic E-state index is 13.1. The van der Waals surface area contributed by atoms with Crippen molar-refractivity contribution >= 4 is 16.9 Å². The van der Waals surface area contributed by atoms with E-state index in [4.69, 9.17) is 0 Å². The molecule has 2 aromatic rings. The largest absolute Gasteiger partial charge is 0.462 e. The Bertz CT molecular complexity index is 712. The highest BCUT2D eigenvalue weighted by atomic mass is 19.4. The number of esters is 1. The first-order valence-electron chi connectivity index (χ1n) is 5.78. The molecule has 0 atom stereocenters. The van der Waals surface area contributed by atoms with Gasteiger partial charge >= 0.3 is 12.1 Å². The van der Waals surface area contributed by atoms with E-state index in [1.54, 1.807) is 0 Å². The average molecular weight is 305 g/mol. The topological polar surface area (TPSA) is 39.2 Å². The van der Waals surface area contributed by atoms with E-state index in [1.807, 2.05) is 0 Å². The number of halogens is 5. The second-order valence-electron chi connectivity index (χ2n) is 4.06. The normalized spacial score (nSPS) is 11.7. The molecule has 112 valence electrons. The molecule has 0 aliphatic carbocycles. The summed E-state index contributed by atoms with van der Waals surface area (Å²) in [5, 5.41) is -0.134. The van der Waals surface area contributed by atoms with Gasteiger partial charge in [0.25, 0.3) is 0 Å². The Morgan fingerprint density at radius 2 is 1.81 bits per heavy atom. The molecule has 8 heteroatoms. The van der Waals surface area contributed by atoms with Crippen LogP contribution in [-0.4, -0.2) is 17.6 Å². The quantitative estimate of drug-likeness (QED) is 0.627. The van der Waals surface area contributed by atoms with Gasteiger partial charge < -0.3 is 4.74 Å². The fraction of sp³-hybridized carbons (Fsp3) is 0.231. The van der Waals surface area contributed by atoms with Gasteiger partial charge in [0.1, 0.15) is 0 Å². The molecule has 0 fully saturated rings. The van der Waals surface area contributed by atoms with Crippen molar-refractivity contribution in [3.05, 3.63) is 41.1 Å². The Balaban J connectivity index is 2.75. The summed E-state index contributed by atoms with van der Waals surface area (Å²) in [4.78, 5) is 14.8. The second kappa shape index (κ2) is 5.27. The van der Waals surface area contributed by atoms with Crippen LogP contribution in [0.15, 0.2) is 18.2 Å². The number of carbonyl (C=O) groups excluding carboxylic acids is 1. The van der Waals surface area contributed by atoms with Crippen molar-refractivity contribution in [3.8, 4) is 0 Å². The lowest BCUT2D eigenvalue weighted by Crippen LogP contribution is -2.17. The summed E-state index contributed by atoms with van der Waals surface area (Å²) in [6.07, 6.45) is -4.93. The van der Waals surface area contributed by atoms with Gasteiger partial charge in [-0.3, -0.25) is 0 Å². The summed E-state index contributed by atoms with van der Waals surface area (Å²) >= 11 is 0. The Morgan fingerprint density at radius 3 is 2.38 bits per heavy atom. The van der Waals surface area contributed by atoms with Crippen LogP contribution in [0.3, 0.4) is 0 Å². The molecular weight excluding hydrogens is 297 g/mol. The second-order valence-corrected chi connectivity index (χ2v) is 4.06. The number of nitrogens with zero attached hydrogens (tertiary/aromatic N) is 1. The van der Waals surface area contributed by atoms with E-state index < -0.39 is 40.6 Å². The fourth-order valence-electron chi connectivity index (χ4n) is 1.75. The van der Waals surface area contributed by atoms with Gasteiger partial charge in [-0.1, -0.05) is 0 Å². The first-order chi connectivity index (χ1) is 9.74. The van der Waals surface area contributed by atoms with Gasteiger partial charge in [0.05, 0.1) is 17.7 Å². The molecule has 1 heterocycles. The number of carbonyl (C=O) groups is 1. The van der Waals surface area contributed by atoms with Crippen LogP contribution < -0.4 is 0 Å². The number of hydrogen-bond donors (Lipinski definition) is 0. The van der Waals surface area contributed by atoms with Gasteiger partial charge in [-0.25, -0.2) is 18.6 Å². The summed E-state index contributed by atoms with van der Waals surface area (Å²) < 4.78 is 69.5. The number of fused-ring (bicyclic) bond motifs is 1. The number of benzene rings is 1. The lowest BCUT2D eigenvalue weighted by molar-refractivity contribution is -0.141. The zero-order valence-electron chi connectivity index (χ0n) is 10.6. The summed E-state index contributed by atoms with van der Waals surface area (Å²) in [7, 11) is 0. The Kier molecular flexibility index (Phi) is 3.80. The predicted molar refractivity (Wildman–Crippen MR) is 62.6 cm³/mol. The highest BCUT2D eigenvalue weighted by Crippen LogP contribution is 2.33. The monoisotopic (exact) mass is 305 g/mol. The van der Waals surface area contributed by atoms with E-state index in [9.17, 15) is 26.7 Å². The smallest absolute Gasteiger partial charge is 0.434 e. The molecule has 0 aliphatic rings. The van der Waals surface area contributed by atoms with Crippen LogP contribution in [0.2, 0.25) is 0 Å². The molecule has 3 nitrogen and oxygen atoms in total. The average Bonchev–Trinajstić information content (AvgIpc) is 2.38. The zero-order chi connectivity index (χ0) is 15.8. The molecule has 0 saturated carbocycles. The molecule has 0 radical (unpaired) electrons. The molecule has 1 aromatic carbocycles. The van der Waals surface area contributed by atoms with Crippen LogP contribution in [0, 0.1) is 11.6 Å². The third-order valence-electron chi connectivity index (χ3n) is 2.62. The van der Waals surface area contributed by atoms with E-state index >= 15 is 0 Å². The maximum absolute atomic E-state index is 13.1. The molecule has 0 amide bonds. The third-order valence-corrected chi connectivity index (χ3v) is 2.62. The summed E-state index contributed by atoms with van der Waals surface area (Å²) in [5.41, 5.74) is -2.75. The van der Waals surface area contributed by atoms with E-state index in [1.165, 1.54) is 6.92 Å².